The minimum atomic E-state index is -0.0960. The van der Waals surface area contributed by atoms with E-state index in [2.05, 4.69) is 20.3 Å². The van der Waals surface area contributed by atoms with Gasteiger partial charge in [-0.25, -0.2) is 4.98 Å². The van der Waals surface area contributed by atoms with Crippen LogP contribution in [0.4, 0.5) is 5.69 Å². The van der Waals surface area contributed by atoms with Gasteiger partial charge in [-0.1, -0.05) is 11.6 Å². The predicted octanol–water partition coefficient (Wildman–Crippen LogP) is 2.97. The zero-order valence-electron chi connectivity index (χ0n) is 14.8. The van der Waals surface area contributed by atoms with Crippen molar-refractivity contribution in [1.82, 2.24) is 20.1 Å². The SMILES string of the molecule is Cc1nc(C)n(CCCNC(=O)c2ccc(N3CCCC3)c(Cl)c2)n1. The average Bonchev–Trinajstić information content (AvgIpc) is 3.21. The molecule has 134 valence electrons. The Labute approximate surface area is 153 Å². The number of anilines is 1. The van der Waals surface area contributed by atoms with Crippen LogP contribution < -0.4 is 10.2 Å². The molecule has 1 amide bonds. The van der Waals surface area contributed by atoms with E-state index in [0.717, 1.165) is 43.4 Å². The molecule has 0 unspecified atom stereocenters. The number of carbonyl (C=O) groups is 1. The van der Waals surface area contributed by atoms with Gasteiger partial charge in [0.05, 0.1) is 10.7 Å². The summed E-state index contributed by atoms with van der Waals surface area (Å²) in [6, 6.07) is 5.55. The Morgan fingerprint density at radius 2 is 2.04 bits per heavy atom. The van der Waals surface area contributed by atoms with E-state index in [1.165, 1.54) is 12.8 Å². The second kappa shape index (κ2) is 7.87. The smallest absolute Gasteiger partial charge is 0.251 e. The molecule has 25 heavy (non-hydrogen) atoms. The zero-order chi connectivity index (χ0) is 17.8. The van der Waals surface area contributed by atoms with Gasteiger partial charge in [0.1, 0.15) is 11.6 Å². The molecule has 1 aromatic heterocycles. The number of halogens is 1. The van der Waals surface area contributed by atoms with Crippen molar-refractivity contribution in [1.29, 1.82) is 0 Å². The summed E-state index contributed by atoms with van der Waals surface area (Å²) in [6.07, 6.45) is 3.20. The van der Waals surface area contributed by atoms with Crippen LogP contribution in [0.25, 0.3) is 0 Å². The molecule has 0 atom stereocenters. The average molecular weight is 362 g/mol. The number of hydrogen-bond acceptors (Lipinski definition) is 4. The molecule has 0 aliphatic carbocycles. The fourth-order valence-electron chi connectivity index (χ4n) is 3.17. The molecule has 0 bridgehead atoms. The summed E-state index contributed by atoms with van der Waals surface area (Å²) in [5.41, 5.74) is 1.62. The Bertz CT molecular complexity index is 752. The van der Waals surface area contributed by atoms with Crippen molar-refractivity contribution < 1.29 is 4.79 Å². The van der Waals surface area contributed by atoms with E-state index in [1.807, 2.05) is 30.7 Å². The molecule has 1 aliphatic heterocycles. The molecule has 1 saturated heterocycles. The molecule has 1 aromatic carbocycles. The lowest BCUT2D eigenvalue weighted by Crippen LogP contribution is -2.25. The molecular weight excluding hydrogens is 338 g/mol. The Morgan fingerprint density at radius 3 is 2.68 bits per heavy atom. The van der Waals surface area contributed by atoms with Gasteiger partial charge in [0, 0.05) is 31.7 Å². The maximum atomic E-state index is 12.3. The lowest BCUT2D eigenvalue weighted by molar-refractivity contribution is 0.0952. The molecule has 6 nitrogen and oxygen atoms in total. The number of nitrogens with zero attached hydrogens (tertiary/aromatic N) is 4. The fraction of sp³-hybridized carbons (Fsp3) is 0.500. The van der Waals surface area contributed by atoms with E-state index in [9.17, 15) is 4.79 Å². The van der Waals surface area contributed by atoms with Crippen molar-refractivity contribution in [3.63, 3.8) is 0 Å². The Morgan fingerprint density at radius 1 is 1.28 bits per heavy atom. The quantitative estimate of drug-likeness (QED) is 0.803. The summed E-state index contributed by atoms with van der Waals surface area (Å²) in [5.74, 6) is 1.57. The second-order valence-corrected chi connectivity index (χ2v) is 6.81. The van der Waals surface area contributed by atoms with E-state index in [-0.39, 0.29) is 5.91 Å². The molecule has 0 spiro atoms. The summed E-state index contributed by atoms with van der Waals surface area (Å²) in [6.45, 7) is 7.20. The third kappa shape index (κ3) is 4.31. The summed E-state index contributed by atoms with van der Waals surface area (Å²) >= 11 is 6.37. The molecule has 1 N–H and O–H groups in total. The van der Waals surface area contributed by atoms with Crippen molar-refractivity contribution in [2.75, 3.05) is 24.5 Å². The van der Waals surface area contributed by atoms with Crippen LogP contribution in [0.5, 0.6) is 0 Å². The summed E-state index contributed by atoms with van der Waals surface area (Å²) in [7, 11) is 0. The topological polar surface area (TPSA) is 63.1 Å². The largest absolute Gasteiger partial charge is 0.370 e. The van der Waals surface area contributed by atoms with Crippen LogP contribution >= 0.6 is 11.6 Å². The van der Waals surface area contributed by atoms with Crippen LogP contribution in [0.3, 0.4) is 0 Å². The number of aromatic nitrogens is 3. The first-order valence-electron chi connectivity index (χ1n) is 8.75. The van der Waals surface area contributed by atoms with Crippen molar-refractivity contribution in [3.8, 4) is 0 Å². The first kappa shape index (κ1) is 17.7. The highest BCUT2D eigenvalue weighted by Crippen LogP contribution is 2.29. The highest BCUT2D eigenvalue weighted by molar-refractivity contribution is 6.33. The van der Waals surface area contributed by atoms with E-state index in [0.29, 0.717) is 17.1 Å². The van der Waals surface area contributed by atoms with Crippen LogP contribution in [-0.4, -0.2) is 40.3 Å². The van der Waals surface area contributed by atoms with Gasteiger partial charge in [0.25, 0.3) is 5.91 Å². The molecule has 2 aromatic rings. The van der Waals surface area contributed by atoms with Crippen LogP contribution in [0.1, 0.15) is 41.3 Å². The summed E-state index contributed by atoms with van der Waals surface area (Å²) in [4.78, 5) is 18.8. The number of aryl methyl sites for hydroxylation is 3. The van der Waals surface area contributed by atoms with Crippen molar-refractivity contribution in [3.05, 3.63) is 40.4 Å². The number of rotatable bonds is 6. The monoisotopic (exact) mass is 361 g/mol. The standard InChI is InChI=1S/C18H24ClN5O/c1-13-21-14(2)24(22-13)11-5-8-20-18(25)15-6-7-17(16(19)12-15)23-9-3-4-10-23/h6-7,12H,3-5,8-11H2,1-2H3,(H,20,25). The number of amides is 1. The molecule has 3 rings (SSSR count). The minimum Gasteiger partial charge on any atom is -0.370 e. The molecule has 7 heteroatoms. The van der Waals surface area contributed by atoms with Gasteiger partial charge >= 0.3 is 0 Å². The van der Waals surface area contributed by atoms with Gasteiger partial charge in [0.2, 0.25) is 0 Å². The number of nitrogens with one attached hydrogen (secondary N) is 1. The lowest BCUT2D eigenvalue weighted by Gasteiger charge is -2.19. The molecule has 0 saturated carbocycles. The normalized spacial score (nSPS) is 14.1. The first-order chi connectivity index (χ1) is 12.0. The van der Waals surface area contributed by atoms with Crippen molar-refractivity contribution >= 4 is 23.2 Å². The van der Waals surface area contributed by atoms with Crippen LogP contribution in [0.2, 0.25) is 5.02 Å². The maximum absolute atomic E-state index is 12.3. The summed E-state index contributed by atoms with van der Waals surface area (Å²) in [5, 5.41) is 7.90. The molecule has 2 heterocycles. The Hall–Kier alpha value is -2.08. The fourth-order valence-corrected chi connectivity index (χ4v) is 3.47. The Kier molecular flexibility index (Phi) is 5.58. The van der Waals surface area contributed by atoms with Crippen LogP contribution in [0.15, 0.2) is 18.2 Å². The molecule has 1 aliphatic rings. The lowest BCUT2D eigenvalue weighted by atomic mass is 10.2. The summed E-state index contributed by atoms with van der Waals surface area (Å²) < 4.78 is 1.86. The van der Waals surface area contributed by atoms with E-state index >= 15 is 0 Å². The van der Waals surface area contributed by atoms with Crippen LogP contribution in [0, 0.1) is 13.8 Å². The van der Waals surface area contributed by atoms with Crippen LogP contribution in [-0.2, 0) is 6.54 Å². The van der Waals surface area contributed by atoms with Gasteiger partial charge in [-0.15, -0.1) is 0 Å². The number of hydrogen-bond donors (Lipinski definition) is 1. The first-order valence-corrected chi connectivity index (χ1v) is 9.13. The highest BCUT2D eigenvalue weighted by Gasteiger charge is 2.16. The molecule has 1 fully saturated rings. The van der Waals surface area contributed by atoms with Gasteiger partial charge in [-0.3, -0.25) is 9.48 Å². The van der Waals surface area contributed by atoms with E-state index in [4.69, 9.17) is 11.6 Å². The molecule has 0 radical (unpaired) electrons. The number of carbonyl (C=O) groups excluding carboxylic acids is 1. The molecular formula is C18H24ClN5O. The van der Waals surface area contributed by atoms with Gasteiger partial charge in [0.15, 0.2) is 0 Å². The predicted molar refractivity (Wildman–Crippen MR) is 99.3 cm³/mol. The zero-order valence-corrected chi connectivity index (χ0v) is 15.5. The third-order valence-electron chi connectivity index (χ3n) is 4.45. The second-order valence-electron chi connectivity index (χ2n) is 6.40. The van der Waals surface area contributed by atoms with Gasteiger partial charge in [-0.2, -0.15) is 5.10 Å². The number of benzene rings is 1. The van der Waals surface area contributed by atoms with Gasteiger partial charge < -0.3 is 10.2 Å². The van der Waals surface area contributed by atoms with Gasteiger partial charge in [-0.05, 0) is 51.3 Å². The van der Waals surface area contributed by atoms with E-state index < -0.39 is 0 Å². The minimum absolute atomic E-state index is 0.0960. The Balaban J connectivity index is 1.51. The highest BCUT2D eigenvalue weighted by atomic mass is 35.5. The third-order valence-corrected chi connectivity index (χ3v) is 4.75. The van der Waals surface area contributed by atoms with E-state index in [1.54, 1.807) is 6.07 Å². The maximum Gasteiger partial charge on any atom is 0.251 e. The van der Waals surface area contributed by atoms with Crippen molar-refractivity contribution in [2.45, 2.75) is 39.7 Å². The van der Waals surface area contributed by atoms with Crippen molar-refractivity contribution in [2.24, 2.45) is 0 Å².